The Balaban J connectivity index is 4.08. The summed E-state index contributed by atoms with van der Waals surface area (Å²) in [4.78, 5) is 10.8. The number of hydrogen-bond donors (Lipinski definition) is 0. The predicted octanol–water partition coefficient (Wildman–Crippen LogP) is 2.07. The molecule has 12 heavy (non-hydrogen) atoms. The molecule has 0 spiro atoms. The van der Waals surface area contributed by atoms with Crippen molar-refractivity contribution in [2.45, 2.75) is 6.92 Å². The van der Waals surface area contributed by atoms with E-state index in [1.165, 1.54) is 6.08 Å². The van der Waals surface area contributed by atoms with Gasteiger partial charge < -0.3 is 4.74 Å². The fourth-order valence-corrected chi connectivity index (χ4v) is 0.683. The molecular weight excluding hydrogens is 243 g/mol. The lowest BCUT2D eigenvalue weighted by Gasteiger charge is -1.96. The third-order valence-electron chi connectivity index (χ3n) is 0.838. The van der Waals surface area contributed by atoms with Crippen molar-refractivity contribution in [3.63, 3.8) is 0 Å². The monoisotopic (exact) mass is 250 g/mol. The van der Waals surface area contributed by atoms with Gasteiger partial charge >= 0.3 is 5.97 Å². The number of carbonyl (C=O) groups is 1. The average molecular weight is 252 g/mol. The van der Waals surface area contributed by atoms with Crippen molar-refractivity contribution in [3.8, 4) is 11.8 Å². The molecule has 2 nitrogen and oxygen atoms in total. The minimum Gasteiger partial charge on any atom is -0.462 e. The van der Waals surface area contributed by atoms with Crippen LogP contribution in [0.2, 0.25) is 0 Å². The van der Waals surface area contributed by atoms with E-state index in [1.807, 2.05) is 0 Å². The highest BCUT2D eigenvalue weighted by Gasteiger charge is 2.04. The minimum absolute atomic E-state index is 0.00491. The summed E-state index contributed by atoms with van der Waals surface area (Å²) in [5, 5.41) is 0.557. The quantitative estimate of drug-likeness (QED) is 0.325. The van der Waals surface area contributed by atoms with Gasteiger partial charge in [0.15, 0.2) is 0 Å². The molecule has 0 bridgehead atoms. The SMILES string of the molecule is CCOC(=O)C(Cl)=CC#CCBr. The topological polar surface area (TPSA) is 26.3 Å². The molecule has 0 unspecified atom stereocenters. The maximum Gasteiger partial charge on any atom is 0.350 e. The van der Waals surface area contributed by atoms with Gasteiger partial charge in [0.1, 0.15) is 5.03 Å². The van der Waals surface area contributed by atoms with Gasteiger partial charge in [-0.3, -0.25) is 0 Å². The summed E-state index contributed by atoms with van der Waals surface area (Å²) in [7, 11) is 0. The fourth-order valence-electron chi connectivity index (χ4n) is 0.412. The maximum atomic E-state index is 10.8. The molecule has 4 heteroatoms. The first-order valence-corrected chi connectivity index (χ1v) is 4.79. The lowest BCUT2D eigenvalue weighted by Crippen LogP contribution is -2.03. The summed E-state index contributed by atoms with van der Waals surface area (Å²) in [6, 6.07) is 0. The molecule has 0 aliphatic carbocycles. The molecule has 66 valence electrons. The van der Waals surface area contributed by atoms with Gasteiger partial charge in [-0.05, 0) is 6.92 Å². The van der Waals surface area contributed by atoms with E-state index in [2.05, 4.69) is 32.5 Å². The van der Waals surface area contributed by atoms with Crippen LogP contribution in [0.5, 0.6) is 0 Å². The number of ether oxygens (including phenoxy) is 1. The standard InChI is InChI=1S/C8H8BrClO2/c1-2-12-8(11)7(10)5-3-4-6-9/h5H,2,6H2,1H3. The highest BCUT2D eigenvalue weighted by atomic mass is 79.9. The van der Waals surface area contributed by atoms with Gasteiger partial charge in [0.25, 0.3) is 0 Å². The molecule has 0 saturated heterocycles. The number of allylic oxidation sites excluding steroid dienone is 1. The van der Waals surface area contributed by atoms with Crippen LogP contribution in [0.3, 0.4) is 0 Å². The van der Waals surface area contributed by atoms with E-state index in [9.17, 15) is 4.79 Å². The fraction of sp³-hybridized carbons (Fsp3) is 0.375. The Morgan fingerprint density at radius 2 is 2.42 bits per heavy atom. The highest BCUT2D eigenvalue weighted by molar-refractivity contribution is 9.09. The van der Waals surface area contributed by atoms with E-state index in [0.29, 0.717) is 11.9 Å². The number of hydrogen-bond acceptors (Lipinski definition) is 2. The number of alkyl halides is 1. The second-order valence-corrected chi connectivity index (χ2v) is 2.64. The smallest absolute Gasteiger partial charge is 0.350 e. The molecular formula is C8H8BrClO2. The van der Waals surface area contributed by atoms with Crippen LogP contribution < -0.4 is 0 Å². The Morgan fingerprint density at radius 3 is 2.92 bits per heavy atom. The Labute approximate surface area is 85.0 Å². The summed E-state index contributed by atoms with van der Waals surface area (Å²) in [6.07, 6.45) is 1.32. The van der Waals surface area contributed by atoms with Crippen molar-refractivity contribution in [2.75, 3.05) is 11.9 Å². The number of carbonyl (C=O) groups excluding carboxylic acids is 1. The van der Waals surface area contributed by atoms with Crippen molar-refractivity contribution >= 4 is 33.5 Å². The summed E-state index contributed by atoms with van der Waals surface area (Å²) >= 11 is 8.62. The summed E-state index contributed by atoms with van der Waals surface area (Å²) < 4.78 is 4.62. The van der Waals surface area contributed by atoms with E-state index in [4.69, 9.17) is 11.6 Å². The van der Waals surface area contributed by atoms with Crippen LogP contribution in [0, 0.1) is 11.8 Å². The highest BCUT2D eigenvalue weighted by Crippen LogP contribution is 2.02. The Morgan fingerprint density at radius 1 is 1.75 bits per heavy atom. The number of rotatable bonds is 2. The first kappa shape index (κ1) is 11.5. The van der Waals surface area contributed by atoms with Crippen molar-refractivity contribution in [2.24, 2.45) is 0 Å². The largest absolute Gasteiger partial charge is 0.462 e. The first-order valence-electron chi connectivity index (χ1n) is 3.29. The third kappa shape index (κ3) is 5.22. The van der Waals surface area contributed by atoms with Crippen LogP contribution in [0.15, 0.2) is 11.1 Å². The average Bonchev–Trinajstić information content (AvgIpc) is 2.05. The van der Waals surface area contributed by atoms with Crippen LogP contribution in [0.4, 0.5) is 0 Å². The van der Waals surface area contributed by atoms with Crippen LogP contribution in [0.1, 0.15) is 6.92 Å². The van der Waals surface area contributed by atoms with Gasteiger partial charge in [0.05, 0.1) is 11.9 Å². The van der Waals surface area contributed by atoms with Crippen LogP contribution in [-0.4, -0.2) is 17.9 Å². The molecule has 0 radical (unpaired) electrons. The van der Waals surface area contributed by atoms with E-state index in [-0.39, 0.29) is 5.03 Å². The lowest BCUT2D eigenvalue weighted by atomic mass is 10.5. The number of esters is 1. The summed E-state index contributed by atoms with van der Waals surface area (Å²) in [5.41, 5.74) is 0. The van der Waals surface area contributed by atoms with Crippen molar-refractivity contribution in [1.82, 2.24) is 0 Å². The molecule has 0 aromatic heterocycles. The second-order valence-electron chi connectivity index (χ2n) is 1.67. The Kier molecular flexibility index (Phi) is 6.93. The van der Waals surface area contributed by atoms with Gasteiger partial charge in [-0.15, -0.1) is 0 Å². The van der Waals surface area contributed by atoms with Gasteiger partial charge in [0, 0.05) is 6.08 Å². The summed E-state index contributed by atoms with van der Waals surface area (Å²) in [6.45, 7) is 2.03. The van der Waals surface area contributed by atoms with Crippen molar-refractivity contribution < 1.29 is 9.53 Å². The molecule has 0 amide bonds. The zero-order valence-corrected chi connectivity index (χ0v) is 8.91. The Bertz CT molecular complexity index is 237. The van der Waals surface area contributed by atoms with E-state index >= 15 is 0 Å². The van der Waals surface area contributed by atoms with Crippen molar-refractivity contribution in [1.29, 1.82) is 0 Å². The maximum absolute atomic E-state index is 10.8. The van der Waals surface area contributed by atoms with Gasteiger partial charge in [0.2, 0.25) is 0 Å². The molecule has 0 aliphatic heterocycles. The molecule has 0 aliphatic rings. The van der Waals surface area contributed by atoms with Gasteiger partial charge in [-0.25, -0.2) is 4.79 Å². The molecule has 0 saturated carbocycles. The molecule has 0 N–H and O–H groups in total. The molecule has 0 rings (SSSR count). The van der Waals surface area contributed by atoms with E-state index in [1.54, 1.807) is 6.92 Å². The zero-order chi connectivity index (χ0) is 9.40. The van der Waals surface area contributed by atoms with Crippen molar-refractivity contribution in [3.05, 3.63) is 11.1 Å². The second kappa shape index (κ2) is 7.20. The van der Waals surface area contributed by atoms with Crippen LogP contribution in [-0.2, 0) is 9.53 Å². The van der Waals surface area contributed by atoms with Gasteiger partial charge in [-0.1, -0.05) is 39.4 Å². The molecule has 0 aromatic carbocycles. The third-order valence-corrected chi connectivity index (χ3v) is 1.38. The Hall–Kier alpha value is -0.460. The zero-order valence-electron chi connectivity index (χ0n) is 6.56. The molecule has 0 aromatic rings. The summed E-state index contributed by atoms with van der Waals surface area (Å²) in [5.74, 6) is 4.72. The molecule has 0 fully saturated rings. The predicted molar refractivity (Wildman–Crippen MR) is 52.1 cm³/mol. The normalized spacial score (nSPS) is 10.1. The van der Waals surface area contributed by atoms with E-state index < -0.39 is 5.97 Å². The molecule has 0 atom stereocenters. The van der Waals surface area contributed by atoms with E-state index in [0.717, 1.165) is 0 Å². The van der Waals surface area contributed by atoms with Crippen LogP contribution >= 0.6 is 27.5 Å². The van der Waals surface area contributed by atoms with Crippen LogP contribution in [0.25, 0.3) is 0 Å². The lowest BCUT2D eigenvalue weighted by molar-refractivity contribution is -0.137. The first-order chi connectivity index (χ1) is 5.72. The molecule has 0 heterocycles. The minimum atomic E-state index is -0.539. The van der Waals surface area contributed by atoms with Gasteiger partial charge in [-0.2, -0.15) is 0 Å². The number of halogens is 2.